The van der Waals surface area contributed by atoms with Gasteiger partial charge in [-0.1, -0.05) is 18.2 Å². The van der Waals surface area contributed by atoms with Crippen LogP contribution in [0.3, 0.4) is 0 Å². The molecule has 0 unspecified atom stereocenters. The molecule has 5 nitrogen and oxygen atoms in total. The van der Waals surface area contributed by atoms with Crippen molar-refractivity contribution in [3.8, 4) is 17.2 Å². The van der Waals surface area contributed by atoms with Crippen LogP contribution in [0.1, 0.15) is 24.3 Å². The number of ether oxygens (including phenoxy) is 3. The summed E-state index contributed by atoms with van der Waals surface area (Å²) in [6.45, 7) is 2.76. The van der Waals surface area contributed by atoms with E-state index in [1.54, 1.807) is 21.3 Å². The molecule has 2 aromatic carbocycles. The first kappa shape index (κ1) is 17.2. The second-order valence-electron chi connectivity index (χ2n) is 5.82. The molecule has 1 heterocycles. The van der Waals surface area contributed by atoms with Crippen LogP contribution in [0.5, 0.6) is 17.2 Å². The number of benzene rings is 2. The average Bonchev–Trinajstić information content (AvgIpc) is 3.10. The molecular formula is C20H23NO4. The van der Waals surface area contributed by atoms with Crippen LogP contribution in [0.4, 0.5) is 0 Å². The number of nitrogens with one attached hydrogen (secondary N) is 1. The lowest BCUT2D eigenvalue weighted by molar-refractivity contribution is 0.354. The number of para-hydroxylation sites is 1. The van der Waals surface area contributed by atoms with Crippen LogP contribution >= 0.6 is 0 Å². The normalized spacial score (nSPS) is 12.2. The summed E-state index contributed by atoms with van der Waals surface area (Å²) < 4.78 is 22.0. The number of fused-ring (bicyclic) bond motifs is 1. The molecular weight excluding hydrogens is 318 g/mol. The number of methoxy groups -OCH3 is 3. The summed E-state index contributed by atoms with van der Waals surface area (Å²) in [4.78, 5) is 0. The molecule has 25 heavy (non-hydrogen) atoms. The van der Waals surface area contributed by atoms with Gasteiger partial charge in [0.25, 0.3) is 0 Å². The molecule has 1 aromatic heterocycles. The molecule has 1 atom stereocenters. The zero-order valence-corrected chi connectivity index (χ0v) is 15.0. The Bertz CT molecular complexity index is 856. The van der Waals surface area contributed by atoms with Gasteiger partial charge < -0.3 is 23.9 Å². The second-order valence-corrected chi connectivity index (χ2v) is 5.82. The predicted molar refractivity (Wildman–Crippen MR) is 97.6 cm³/mol. The zero-order valence-electron chi connectivity index (χ0n) is 15.0. The summed E-state index contributed by atoms with van der Waals surface area (Å²) >= 11 is 0. The van der Waals surface area contributed by atoms with Crippen LogP contribution in [-0.4, -0.2) is 21.3 Å². The summed E-state index contributed by atoms with van der Waals surface area (Å²) in [7, 11) is 4.92. The van der Waals surface area contributed by atoms with Crippen LogP contribution in [0, 0.1) is 0 Å². The van der Waals surface area contributed by atoms with Gasteiger partial charge in [0.1, 0.15) is 5.76 Å². The Morgan fingerprint density at radius 2 is 1.68 bits per heavy atom. The van der Waals surface area contributed by atoms with Gasteiger partial charge in [-0.25, -0.2) is 0 Å². The monoisotopic (exact) mass is 341 g/mol. The fourth-order valence-corrected chi connectivity index (χ4v) is 2.79. The Balaban J connectivity index is 1.73. The highest BCUT2D eigenvalue weighted by Crippen LogP contribution is 2.31. The Hall–Kier alpha value is -2.66. The Labute approximate surface area is 147 Å². The molecule has 5 heteroatoms. The van der Waals surface area contributed by atoms with E-state index in [0.29, 0.717) is 6.54 Å². The lowest BCUT2D eigenvalue weighted by Gasteiger charge is -2.13. The Morgan fingerprint density at radius 1 is 0.920 bits per heavy atom. The van der Waals surface area contributed by atoms with Gasteiger partial charge in [-0.15, -0.1) is 0 Å². The van der Waals surface area contributed by atoms with E-state index in [4.69, 9.17) is 18.6 Å². The van der Waals surface area contributed by atoms with Crippen LogP contribution in [0.2, 0.25) is 0 Å². The highest BCUT2D eigenvalue weighted by Gasteiger charge is 2.14. The maximum absolute atomic E-state index is 5.99. The first-order valence-electron chi connectivity index (χ1n) is 8.17. The van der Waals surface area contributed by atoms with Gasteiger partial charge in [-0.05, 0) is 36.8 Å². The highest BCUT2D eigenvalue weighted by atomic mass is 16.5. The van der Waals surface area contributed by atoms with Crippen molar-refractivity contribution >= 4 is 11.0 Å². The molecule has 0 aliphatic carbocycles. The van der Waals surface area contributed by atoms with Crippen molar-refractivity contribution in [1.82, 2.24) is 5.32 Å². The minimum Gasteiger partial charge on any atom is -0.493 e. The molecule has 0 aliphatic rings. The van der Waals surface area contributed by atoms with Gasteiger partial charge >= 0.3 is 0 Å². The van der Waals surface area contributed by atoms with Crippen molar-refractivity contribution in [2.75, 3.05) is 21.3 Å². The van der Waals surface area contributed by atoms with Crippen molar-refractivity contribution in [3.63, 3.8) is 0 Å². The average molecular weight is 341 g/mol. The van der Waals surface area contributed by atoms with E-state index in [1.165, 1.54) is 0 Å². The van der Waals surface area contributed by atoms with Gasteiger partial charge in [0.05, 0.1) is 27.4 Å². The maximum atomic E-state index is 5.99. The molecule has 0 bridgehead atoms. The SMILES string of the molecule is COc1ccc(CN[C@@H](C)c2cc3cccc(OC)c3o2)cc1OC. The third kappa shape index (κ3) is 3.56. The second kappa shape index (κ2) is 7.49. The maximum Gasteiger partial charge on any atom is 0.176 e. The molecule has 0 spiro atoms. The molecule has 1 N–H and O–H groups in total. The standard InChI is InChI=1S/C20H23NO4/c1-13(18-11-15-6-5-7-17(23-3)20(15)25-18)21-12-14-8-9-16(22-2)19(10-14)24-4/h5-11,13,21H,12H2,1-4H3/t13-/m0/s1. The molecule has 3 rings (SSSR count). The summed E-state index contributed by atoms with van der Waals surface area (Å²) in [6, 6.07) is 13.9. The number of rotatable bonds is 7. The van der Waals surface area contributed by atoms with E-state index < -0.39 is 0 Å². The van der Waals surface area contributed by atoms with Gasteiger partial charge in [-0.3, -0.25) is 0 Å². The van der Waals surface area contributed by atoms with Crippen LogP contribution in [0.25, 0.3) is 11.0 Å². The molecule has 0 saturated carbocycles. The first-order valence-corrected chi connectivity index (χ1v) is 8.17. The molecule has 0 amide bonds. The van der Waals surface area contributed by atoms with E-state index in [1.807, 2.05) is 42.5 Å². The van der Waals surface area contributed by atoms with Gasteiger partial charge in [-0.2, -0.15) is 0 Å². The van der Waals surface area contributed by atoms with E-state index in [-0.39, 0.29) is 6.04 Å². The van der Waals surface area contributed by atoms with E-state index in [2.05, 4.69) is 12.2 Å². The lowest BCUT2D eigenvalue weighted by Crippen LogP contribution is -2.17. The van der Waals surface area contributed by atoms with Crippen LogP contribution in [0.15, 0.2) is 46.9 Å². The highest BCUT2D eigenvalue weighted by molar-refractivity contribution is 5.83. The van der Waals surface area contributed by atoms with Crippen LogP contribution < -0.4 is 19.5 Å². The smallest absolute Gasteiger partial charge is 0.176 e. The number of hydrogen-bond donors (Lipinski definition) is 1. The van der Waals surface area contributed by atoms with Crippen molar-refractivity contribution in [2.45, 2.75) is 19.5 Å². The number of furan rings is 1. The molecule has 3 aromatic rings. The predicted octanol–water partition coefficient (Wildman–Crippen LogP) is 4.31. The fourth-order valence-electron chi connectivity index (χ4n) is 2.79. The molecule has 0 aliphatic heterocycles. The minimum absolute atomic E-state index is 0.0604. The van der Waals surface area contributed by atoms with Gasteiger partial charge in [0.15, 0.2) is 22.8 Å². The van der Waals surface area contributed by atoms with Crippen molar-refractivity contribution in [1.29, 1.82) is 0 Å². The largest absolute Gasteiger partial charge is 0.493 e. The van der Waals surface area contributed by atoms with E-state index in [9.17, 15) is 0 Å². The molecule has 0 fully saturated rings. The fraction of sp³-hybridized carbons (Fsp3) is 0.300. The molecule has 0 saturated heterocycles. The summed E-state index contributed by atoms with van der Waals surface area (Å²) in [5, 5.41) is 4.51. The topological polar surface area (TPSA) is 52.9 Å². The van der Waals surface area contributed by atoms with Crippen molar-refractivity contribution in [2.24, 2.45) is 0 Å². The molecule has 132 valence electrons. The Morgan fingerprint density at radius 3 is 2.40 bits per heavy atom. The quantitative estimate of drug-likeness (QED) is 0.694. The van der Waals surface area contributed by atoms with Crippen LogP contribution in [-0.2, 0) is 6.54 Å². The number of hydrogen-bond acceptors (Lipinski definition) is 5. The Kier molecular flexibility index (Phi) is 5.14. The van der Waals surface area contributed by atoms with Crippen molar-refractivity contribution in [3.05, 3.63) is 53.8 Å². The zero-order chi connectivity index (χ0) is 17.8. The van der Waals surface area contributed by atoms with Crippen molar-refractivity contribution < 1.29 is 18.6 Å². The minimum atomic E-state index is 0.0604. The van der Waals surface area contributed by atoms with Gasteiger partial charge in [0.2, 0.25) is 0 Å². The summed E-state index contributed by atoms with van der Waals surface area (Å²) in [6.07, 6.45) is 0. The lowest BCUT2D eigenvalue weighted by atomic mass is 10.1. The first-order chi connectivity index (χ1) is 12.2. The third-order valence-corrected chi connectivity index (χ3v) is 4.23. The van der Waals surface area contributed by atoms with E-state index >= 15 is 0 Å². The van der Waals surface area contributed by atoms with E-state index in [0.717, 1.165) is 39.5 Å². The molecule has 0 radical (unpaired) electrons. The summed E-state index contributed by atoms with van der Waals surface area (Å²) in [5.41, 5.74) is 1.89. The summed E-state index contributed by atoms with van der Waals surface area (Å²) in [5.74, 6) is 3.07. The van der Waals surface area contributed by atoms with Gasteiger partial charge in [0, 0.05) is 11.9 Å². The third-order valence-electron chi connectivity index (χ3n) is 4.23.